The molecule has 2 amide bonds. The molecule has 3 aromatic rings. The van der Waals surface area contributed by atoms with Crippen LogP contribution in [0.3, 0.4) is 0 Å². The molecule has 0 fully saturated rings. The summed E-state index contributed by atoms with van der Waals surface area (Å²) in [7, 11) is 0. The van der Waals surface area contributed by atoms with Crippen molar-refractivity contribution in [2.45, 2.75) is 6.92 Å². The summed E-state index contributed by atoms with van der Waals surface area (Å²) in [5, 5.41) is 14.8. The number of nitrogens with zero attached hydrogens (tertiary/aromatic N) is 1. The lowest BCUT2D eigenvalue weighted by Crippen LogP contribution is -2.18. The van der Waals surface area contributed by atoms with Crippen molar-refractivity contribution in [1.29, 1.82) is 5.41 Å². The molecule has 0 radical (unpaired) electrons. The first-order valence-electron chi connectivity index (χ1n) is 8.02. The van der Waals surface area contributed by atoms with Gasteiger partial charge in [0.2, 0.25) is 0 Å². The quantitative estimate of drug-likeness (QED) is 0.520. The van der Waals surface area contributed by atoms with Gasteiger partial charge >= 0.3 is 0 Å². The Hall–Kier alpha value is -3.10. The highest BCUT2D eigenvalue weighted by Gasteiger charge is 2.19. The molecule has 3 N–H and O–H groups in total. The third-order valence-electron chi connectivity index (χ3n) is 3.74. The van der Waals surface area contributed by atoms with Crippen LogP contribution < -0.4 is 10.6 Å². The van der Waals surface area contributed by atoms with Crippen LogP contribution in [-0.2, 0) is 0 Å². The van der Waals surface area contributed by atoms with Crippen molar-refractivity contribution in [3.8, 4) is 0 Å². The summed E-state index contributed by atoms with van der Waals surface area (Å²) in [6.07, 6.45) is 1.40. The molecule has 0 spiro atoms. The molecule has 0 aliphatic heterocycles. The first-order valence-corrected chi connectivity index (χ1v) is 9.27. The Balaban J connectivity index is 1.76. The number of halogens is 2. The second kappa shape index (κ2) is 8.28. The average molecular weight is 417 g/mol. The largest absolute Gasteiger partial charge is 0.320 e. The van der Waals surface area contributed by atoms with Gasteiger partial charge in [0.05, 0.1) is 16.3 Å². The summed E-state index contributed by atoms with van der Waals surface area (Å²) in [5.41, 5.74) is 0.661. The van der Waals surface area contributed by atoms with Crippen molar-refractivity contribution in [3.63, 3.8) is 0 Å². The minimum Gasteiger partial charge on any atom is -0.320 e. The predicted octanol–water partition coefficient (Wildman–Crippen LogP) is 4.83. The van der Waals surface area contributed by atoms with Crippen LogP contribution in [0.1, 0.15) is 32.5 Å². The number of pyridine rings is 1. The normalized spacial score (nSPS) is 10.4. The third-order valence-corrected chi connectivity index (χ3v) is 4.87. The van der Waals surface area contributed by atoms with E-state index in [2.05, 4.69) is 15.6 Å². The summed E-state index contributed by atoms with van der Waals surface area (Å²) in [4.78, 5) is 29.1. The van der Waals surface area contributed by atoms with Gasteiger partial charge < -0.3 is 16.0 Å². The molecule has 0 unspecified atom stereocenters. The molecule has 28 heavy (non-hydrogen) atoms. The number of amides is 2. The zero-order valence-corrected chi connectivity index (χ0v) is 16.1. The molecule has 0 saturated carbocycles. The fraction of sp³-hybridized carbons (Fsp3) is 0.0526. The Kier molecular flexibility index (Phi) is 5.81. The summed E-state index contributed by atoms with van der Waals surface area (Å²) >= 11 is 6.89. The third kappa shape index (κ3) is 4.41. The van der Waals surface area contributed by atoms with E-state index >= 15 is 0 Å². The Labute approximate surface area is 168 Å². The Morgan fingerprint density at radius 1 is 1.14 bits per heavy atom. The molecule has 142 valence electrons. The maximum absolute atomic E-state index is 14.2. The van der Waals surface area contributed by atoms with Crippen molar-refractivity contribution in [3.05, 3.63) is 74.8 Å². The number of aromatic nitrogens is 1. The zero-order valence-electron chi connectivity index (χ0n) is 14.5. The first kappa shape index (κ1) is 19.7. The van der Waals surface area contributed by atoms with E-state index in [1.165, 1.54) is 25.3 Å². The van der Waals surface area contributed by atoms with Gasteiger partial charge in [-0.25, -0.2) is 9.37 Å². The zero-order chi connectivity index (χ0) is 20.3. The number of hydrogen-bond donors (Lipinski definition) is 3. The topological polar surface area (TPSA) is 94.9 Å². The Bertz CT molecular complexity index is 1070. The van der Waals surface area contributed by atoms with Crippen LogP contribution in [-0.4, -0.2) is 22.5 Å². The second-order valence-electron chi connectivity index (χ2n) is 5.75. The SMILES string of the molecule is CC(=N)c1ccc(C(=O)Nc2ccsc2C(=O)Nc2ccc(Cl)cn2)c(F)c1. The summed E-state index contributed by atoms with van der Waals surface area (Å²) < 4.78 is 14.2. The standard InChI is InChI=1S/C19H14ClFN4O2S/c1-10(22)11-2-4-13(14(21)8-11)18(26)24-15-6-7-28-17(15)19(27)25-16-5-3-12(20)9-23-16/h2-9,22H,1H3,(H,24,26)(H,23,25,27). The second-order valence-corrected chi connectivity index (χ2v) is 7.11. The highest BCUT2D eigenvalue weighted by atomic mass is 35.5. The molecule has 0 aliphatic rings. The van der Waals surface area contributed by atoms with Gasteiger partial charge in [0.25, 0.3) is 11.8 Å². The summed E-state index contributed by atoms with van der Waals surface area (Å²) in [6, 6.07) is 8.62. The minimum atomic E-state index is -0.742. The molecule has 1 aromatic carbocycles. The van der Waals surface area contributed by atoms with E-state index in [4.69, 9.17) is 17.0 Å². The number of benzene rings is 1. The number of carbonyl (C=O) groups excluding carboxylic acids is 2. The molecular formula is C19H14ClFN4O2S. The molecule has 2 aromatic heterocycles. The maximum Gasteiger partial charge on any atom is 0.269 e. The van der Waals surface area contributed by atoms with Crippen LogP contribution >= 0.6 is 22.9 Å². The smallest absolute Gasteiger partial charge is 0.269 e. The van der Waals surface area contributed by atoms with Gasteiger partial charge in [0, 0.05) is 11.9 Å². The van der Waals surface area contributed by atoms with Gasteiger partial charge in [0.15, 0.2) is 0 Å². The Morgan fingerprint density at radius 2 is 1.93 bits per heavy atom. The molecule has 9 heteroatoms. The van der Waals surface area contributed by atoms with Gasteiger partial charge in [-0.2, -0.15) is 0 Å². The van der Waals surface area contributed by atoms with Crippen LogP contribution in [0, 0.1) is 11.2 Å². The molecule has 2 heterocycles. The van der Waals surface area contributed by atoms with Crippen LogP contribution in [0.25, 0.3) is 0 Å². The Morgan fingerprint density at radius 3 is 2.57 bits per heavy atom. The molecule has 3 rings (SSSR count). The van der Waals surface area contributed by atoms with Crippen LogP contribution in [0.4, 0.5) is 15.9 Å². The summed E-state index contributed by atoms with van der Waals surface area (Å²) in [5.74, 6) is -1.59. The van der Waals surface area contributed by atoms with Crippen molar-refractivity contribution < 1.29 is 14.0 Å². The highest BCUT2D eigenvalue weighted by molar-refractivity contribution is 7.12. The van der Waals surface area contributed by atoms with Gasteiger partial charge in [-0.1, -0.05) is 17.7 Å². The molecule has 6 nitrogen and oxygen atoms in total. The van der Waals surface area contributed by atoms with E-state index in [1.54, 1.807) is 23.6 Å². The molecule has 0 aliphatic carbocycles. The monoisotopic (exact) mass is 416 g/mol. The molecule has 0 saturated heterocycles. The van der Waals surface area contributed by atoms with E-state index in [0.717, 1.165) is 17.4 Å². The molecular weight excluding hydrogens is 403 g/mol. The first-order chi connectivity index (χ1) is 13.3. The van der Waals surface area contributed by atoms with Crippen molar-refractivity contribution in [1.82, 2.24) is 4.98 Å². The fourth-order valence-corrected chi connectivity index (χ4v) is 3.18. The molecule has 0 bridgehead atoms. The number of nitrogens with one attached hydrogen (secondary N) is 3. The lowest BCUT2D eigenvalue weighted by atomic mass is 10.1. The lowest BCUT2D eigenvalue weighted by Gasteiger charge is -2.09. The minimum absolute atomic E-state index is 0.179. The van der Waals surface area contributed by atoms with E-state index < -0.39 is 17.6 Å². The van der Waals surface area contributed by atoms with Gasteiger partial charge in [-0.3, -0.25) is 9.59 Å². The van der Waals surface area contributed by atoms with Crippen LogP contribution in [0.15, 0.2) is 48.0 Å². The van der Waals surface area contributed by atoms with Crippen molar-refractivity contribution >= 4 is 52.0 Å². The van der Waals surface area contributed by atoms with E-state index in [0.29, 0.717) is 16.4 Å². The van der Waals surface area contributed by atoms with E-state index in [9.17, 15) is 14.0 Å². The fourth-order valence-electron chi connectivity index (χ4n) is 2.33. The van der Waals surface area contributed by atoms with Gasteiger partial charge in [-0.05, 0) is 48.2 Å². The number of thiophene rings is 1. The van der Waals surface area contributed by atoms with Crippen molar-refractivity contribution in [2.75, 3.05) is 10.6 Å². The van der Waals surface area contributed by atoms with Gasteiger partial charge in [-0.15, -0.1) is 11.3 Å². The summed E-state index contributed by atoms with van der Waals surface area (Å²) in [6.45, 7) is 1.53. The molecule has 0 atom stereocenters. The van der Waals surface area contributed by atoms with Crippen molar-refractivity contribution in [2.24, 2.45) is 0 Å². The van der Waals surface area contributed by atoms with Gasteiger partial charge in [0.1, 0.15) is 16.5 Å². The average Bonchev–Trinajstić information content (AvgIpc) is 3.11. The highest BCUT2D eigenvalue weighted by Crippen LogP contribution is 2.25. The number of rotatable bonds is 5. The number of carbonyl (C=O) groups is 2. The van der Waals surface area contributed by atoms with Crippen LogP contribution in [0.5, 0.6) is 0 Å². The predicted molar refractivity (Wildman–Crippen MR) is 108 cm³/mol. The van der Waals surface area contributed by atoms with E-state index in [1.807, 2.05) is 0 Å². The lowest BCUT2D eigenvalue weighted by molar-refractivity contribution is 0.102. The number of hydrogen-bond acceptors (Lipinski definition) is 5. The van der Waals surface area contributed by atoms with Crippen LogP contribution in [0.2, 0.25) is 5.02 Å². The maximum atomic E-state index is 14.2. The van der Waals surface area contributed by atoms with E-state index in [-0.39, 0.29) is 21.8 Å². The number of anilines is 2.